The standard InChI is InChI=1S/C24H32N6O9/c1-12(31)20(30-21(35)16(25)9-14-10-26-11-27-14)23(37)28-17(6-7-19(33)34)22(36)29-18(24(38)39)8-13-2-4-15(32)5-3-13/h2-5,10-12,16-18,20,31-32H,6-9,25H2,1H3,(H,26,27)(H,28,37)(H,29,36)(H,30,35)(H,33,34)(H,38,39). The molecule has 0 aliphatic rings. The zero-order valence-corrected chi connectivity index (χ0v) is 21.0. The number of hydrogen-bond acceptors (Lipinski definition) is 9. The Balaban J connectivity index is 2.12. The number of phenolic OH excluding ortho intramolecular Hbond substituents is 1. The van der Waals surface area contributed by atoms with E-state index in [2.05, 4.69) is 25.9 Å². The quantitative estimate of drug-likeness (QED) is 0.118. The second-order valence-corrected chi connectivity index (χ2v) is 8.88. The number of carboxylic acid groups (broad SMARTS) is 2. The number of nitrogens with one attached hydrogen (secondary N) is 4. The van der Waals surface area contributed by atoms with Crippen molar-refractivity contribution in [3.05, 3.63) is 48.0 Å². The zero-order valence-electron chi connectivity index (χ0n) is 21.0. The molecular weight excluding hydrogens is 516 g/mol. The lowest BCUT2D eigenvalue weighted by Crippen LogP contribution is -2.60. The molecule has 0 aliphatic carbocycles. The van der Waals surface area contributed by atoms with Crippen molar-refractivity contribution in [2.24, 2.45) is 5.73 Å². The van der Waals surface area contributed by atoms with Crippen LogP contribution in [0.15, 0.2) is 36.8 Å². The molecule has 0 aliphatic heterocycles. The van der Waals surface area contributed by atoms with E-state index in [1.807, 2.05) is 0 Å². The number of imidazole rings is 1. The van der Waals surface area contributed by atoms with Crippen LogP contribution in [0.4, 0.5) is 0 Å². The summed E-state index contributed by atoms with van der Waals surface area (Å²) < 4.78 is 0. The third kappa shape index (κ3) is 10.1. The van der Waals surface area contributed by atoms with E-state index in [1.54, 1.807) is 0 Å². The summed E-state index contributed by atoms with van der Waals surface area (Å²) in [5.74, 6) is -5.47. The molecule has 2 rings (SSSR count). The number of amides is 3. The van der Waals surface area contributed by atoms with Crippen molar-refractivity contribution < 1.29 is 44.4 Å². The first kappa shape index (κ1) is 30.7. The molecule has 0 bridgehead atoms. The van der Waals surface area contributed by atoms with Gasteiger partial charge in [0.1, 0.15) is 23.9 Å². The first-order chi connectivity index (χ1) is 18.4. The lowest BCUT2D eigenvalue weighted by Gasteiger charge is -2.26. The second kappa shape index (κ2) is 14.4. The van der Waals surface area contributed by atoms with Gasteiger partial charge in [-0.2, -0.15) is 0 Å². The van der Waals surface area contributed by atoms with E-state index in [9.17, 15) is 39.3 Å². The van der Waals surface area contributed by atoms with E-state index in [0.29, 0.717) is 11.3 Å². The Morgan fingerprint density at radius 3 is 2.13 bits per heavy atom. The van der Waals surface area contributed by atoms with Crippen molar-refractivity contribution in [3.63, 3.8) is 0 Å². The minimum absolute atomic E-state index is 0.0341. The van der Waals surface area contributed by atoms with Crippen molar-refractivity contribution in [2.45, 2.75) is 62.9 Å². The fourth-order valence-corrected chi connectivity index (χ4v) is 3.53. The highest BCUT2D eigenvalue weighted by Gasteiger charge is 2.32. The van der Waals surface area contributed by atoms with Crippen LogP contribution in [0.2, 0.25) is 0 Å². The number of carbonyl (C=O) groups is 5. The zero-order chi connectivity index (χ0) is 29.1. The van der Waals surface area contributed by atoms with Crippen molar-refractivity contribution in [1.29, 1.82) is 0 Å². The molecule has 0 radical (unpaired) electrons. The summed E-state index contributed by atoms with van der Waals surface area (Å²) in [5, 5.41) is 45.0. The molecule has 15 nitrogen and oxygen atoms in total. The molecule has 0 saturated carbocycles. The van der Waals surface area contributed by atoms with Gasteiger partial charge in [-0.3, -0.25) is 19.2 Å². The molecule has 15 heteroatoms. The number of phenols is 1. The van der Waals surface area contributed by atoms with Crippen molar-refractivity contribution in [2.75, 3.05) is 0 Å². The summed E-state index contributed by atoms with van der Waals surface area (Å²) in [5.41, 5.74) is 6.91. The van der Waals surface area contributed by atoms with E-state index in [1.165, 1.54) is 43.7 Å². The molecule has 10 N–H and O–H groups in total. The summed E-state index contributed by atoms with van der Waals surface area (Å²) in [6.07, 6.45) is 0.366. The van der Waals surface area contributed by atoms with Crippen molar-refractivity contribution >= 4 is 29.7 Å². The Labute approximate surface area is 222 Å². The molecule has 0 saturated heterocycles. The molecule has 1 aromatic heterocycles. The third-order valence-electron chi connectivity index (χ3n) is 5.66. The fraction of sp³-hybridized carbons (Fsp3) is 0.417. The van der Waals surface area contributed by atoms with Crippen LogP contribution in [0.25, 0.3) is 0 Å². The molecule has 5 unspecified atom stereocenters. The highest BCUT2D eigenvalue weighted by molar-refractivity contribution is 5.94. The van der Waals surface area contributed by atoms with Gasteiger partial charge < -0.3 is 47.1 Å². The van der Waals surface area contributed by atoms with Crippen LogP contribution in [-0.4, -0.2) is 90.3 Å². The molecule has 0 spiro atoms. The third-order valence-corrected chi connectivity index (χ3v) is 5.66. The molecule has 5 atom stereocenters. The van der Waals surface area contributed by atoms with Crippen LogP contribution < -0.4 is 21.7 Å². The van der Waals surface area contributed by atoms with Gasteiger partial charge in [-0.1, -0.05) is 12.1 Å². The number of aliphatic carboxylic acids is 2. The maximum Gasteiger partial charge on any atom is 0.326 e. The van der Waals surface area contributed by atoms with Gasteiger partial charge >= 0.3 is 11.9 Å². The van der Waals surface area contributed by atoms with Gasteiger partial charge in [-0.15, -0.1) is 0 Å². The number of aliphatic hydroxyl groups is 1. The van der Waals surface area contributed by atoms with Crippen LogP contribution in [0.3, 0.4) is 0 Å². The van der Waals surface area contributed by atoms with Crippen molar-refractivity contribution in [1.82, 2.24) is 25.9 Å². The smallest absolute Gasteiger partial charge is 0.326 e. The summed E-state index contributed by atoms with van der Waals surface area (Å²) in [6, 6.07) is 0.00208. The van der Waals surface area contributed by atoms with Gasteiger partial charge in [0.2, 0.25) is 17.7 Å². The monoisotopic (exact) mass is 548 g/mol. The number of rotatable bonds is 15. The first-order valence-electron chi connectivity index (χ1n) is 11.9. The number of benzene rings is 1. The predicted octanol–water partition coefficient (Wildman–Crippen LogP) is -1.99. The average molecular weight is 549 g/mol. The summed E-state index contributed by atoms with van der Waals surface area (Å²) >= 11 is 0. The number of aromatic nitrogens is 2. The maximum absolute atomic E-state index is 13.0. The van der Waals surface area contributed by atoms with E-state index in [-0.39, 0.29) is 18.6 Å². The van der Waals surface area contributed by atoms with Crippen LogP contribution in [0.5, 0.6) is 5.75 Å². The topological polar surface area (TPSA) is 257 Å². The van der Waals surface area contributed by atoms with Gasteiger partial charge in [0, 0.05) is 31.2 Å². The molecule has 3 amide bonds. The van der Waals surface area contributed by atoms with E-state index < -0.39 is 72.8 Å². The molecule has 212 valence electrons. The van der Waals surface area contributed by atoms with Crippen LogP contribution in [0, 0.1) is 0 Å². The Morgan fingerprint density at radius 1 is 0.949 bits per heavy atom. The number of hydrogen-bond donors (Lipinski definition) is 9. The fourth-order valence-electron chi connectivity index (χ4n) is 3.53. The largest absolute Gasteiger partial charge is 0.508 e. The normalized spacial score (nSPS) is 14.7. The Morgan fingerprint density at radius 2 is 1.59 bits per heavy atom. The van der Waals surface area contributed by atoms with Gasteiger partial charge in [0.25, 0.3) is 0 Å². The number of carboxylic acids is 2. The molecule has 0 fully saturated rings. The van der Waals surface area contributed by atoms with Crippen molar-refractivity contribution in [3.8, 4) is 5.75 Å². The summed E-state index contributed by atoms with van der Waals surface area (Å²) in [7, 11) is 0. The van der Waals surface area contributed by atoms with E-state index >= 15 is 0 Å². The summed E-state index contributed by atoms with van der Waals surface area (Å²) in [6.45, 7) is 1.22. The SMILES string of the molecule is CC(O)C(NC(=O)C(N)Cc1cnc[nH]1)C(=O)NC(CCC(=O)O)C(=O)NC(Cc1ccc(O)cc1)C(=O)O. The Kier molecular flexibility index (Phi) is 11.4. The number of aromatic amines is 1. The van der Waals surface area contributed by atoms with Crippen LogP contribution in [0.1, 0.15) is 31.0 Å². The molecule has 39 heavy (non-hydrogen) atoms. The van der Waals surface area contributed by atoms with Gasteiger partial charge in [-0.25, -0.2) is 9.78 Å². The van der Waals surface area contributed by atoms with Crippen LogP contribution >= 0.6 is 0 Å². The minimum atomic E-state index is -1.56. The lowest BCUT2D eigenvalue weighted by atomic mass is 10.0. The second-order valence-electron chi connectivity index (χ2n) is 8.88. The highest BCUT2D eigenvalue weighted by atomic mass is 16.4. The Bertz CT molecular complexity index is 1140. The first-order valence-corrected chi connectivity index (χ1v) is 11.9. The lowest BCUT2D eigenvalue weighted by molar-refractivity contribution is -0.143. The Hall–Kier alpha value is -4.50. The number of carbonyl (C=O) groups excluding carboxylic acids is 3. The summed E-state index contributed by atoms with van der Waals surface area (Å²) in [4.78, 5) is 67.9. The molecule has 1 heterocycles. The number of aromatic hydroxyl groups is 1. The number of aliphatic hydroxyl groups excluding tert-OH is 1. The van der Waals surface area contributed by atoms with E-state index in [0.717, 1.165) is 0 Å². The average Bonchev–Trinajstić information content (AvgIpc) is 3.38. The molecule has 2 aromatic rings. The maximum atomic E-state index is 13.0. The highest BCUT2D eigenvalue weighted by Crippen LogP contribution is 2.12. The number of nitrogens with two attached hydrogens (primary N) is 1. The number of nitrogens with zero attached hydrogens (tertiary/aromatic N) is 1. The minimum Gasteiger partial charge on any atom is -0.508 e. The molecule has 1 aromatic carbocycles. The van der Waals surface area contributed by atoms with Gasteiger partial charge in [0.05, 0.1) is 18.5 Å². The predicted molar refractivity (Wildman–Crippen MR) is 134 cm³/mol. The number of H-pyrrole nitrogens is 1. The van der Waals surface area contributed by atoms with E-state index in [4.69, 9.17) is 10.8 Å². The van der Waals surface area contributed by atoms with Gasteiger partial charge in [0.15, 0.2) is 0 Å². The molecular formula is C24H32N6O9. The van der Waals surface area contributed by atoms with Crippen LogP contribution in [-0.2, 0) is 36.8 Å². The van der Waals surface area contributed by atoms with Gasteiger partial charge in [-0.05, 0) is 31.0 Å².